The van der Waals surface area contributed by atoms with E-state index in [0.717, 1.165) is 27.2 Å². The number of nitrogens with zero attached hydrogens (tertiary/aromatic N) is 2. The van der Waals surface area contributed by atoms with Gasteiger partial charge in [0, 0.05) is 5.39 Å². The Balaban J connectivity index is 2.05. The number of benzene rings is 1. The van der Waals surface area contributed by atoms with Gasteiger partial charge in [0.25, 0.3) is 5.91 Å². The van der Waals surface area contributed by atoms with Gasteiger partial charge in [0.05, 0.1) is 28.4 Å². The van der Waals surface area contributed by atoms with E-state index in [1.807, 2.05) is 48.9 Å². The Kier molecular flexibility index (Phi) is 4.19. The van der Waals surface area contributed by atoms with Crippen molar-refractivity contribution in [2.75, 3.05) is 6.61 Å². The van der Waals surface area contributed by atoms with E-state index in [1.54, 1.807) is 13.8 Å². The molecule has 0 unspecified atom stereocenters. The van der Waals surface area contributed by atoms with Crippen LogP contribution in [0.25, 0.3) is 15.9 Å². The predicted octanol–water partition coefficient (Wildman–Crippen LogP) is 3.20. The molecule has 0 aliphatic carbocycles. The largest absolute Gasteiger partial charge is 0.394 e. The second kappa shape index (κ2) is 6.03. The van der Waals surface area contributed by atoms with Gasteiger partial charge in [-0.3, -0.25) is 4.79 Å². The predicted molar refractivity (Wildman–Crippen MR) is 97.1 cm³/mol. The number of aryl methyl sites for hydroxylation is 2. The Bertz CT molecular complexity index is 908. The van der Waals surface area contributed by atoms with E-state index in [4.69, 9.17) is 0 Å². The molecule has 2 heterocycles. The van der Waals surface area contributed by atoms with E-state index in [9.17, 15) is 9.90 Å². The number of nitrogens with one attached hydrogen (secondary N) is 1. The summed E-state index contributed by atoms with van der Waals surface area (Å²) in [4.78, 5) is 14.0. The quantitative estimate of drug-likeness (QED) is 0.764. The van der Waals surface area contributed by atoms with Crippen molar-refractivity contribution in [1.29, 1.82) is 0 Å². The molecule has 0 saturated carbocycles. The monoisotopic (exact) mass is 343 g/mol. The van der Waals surface area contributed by atoms with Crippen LogP contribution >= 0.6 is 11.3 Å². The van der Waals surface area contributed by atoms with Crippen molar-refractivity contribution >= 4 is 27.5 Å². The van der Waals surface area contributed by atoms with Crippen molar-refractivity contribution < 1.29 is 9.90 Å². The van der Waals surface area contributed by atoms with Crippen molar-refractivity contribution in [3.05, 3.63) is 46.5 Å². The van der Waals surface area contributed by atoms with Crippen molar-refractivity contribution in [1.82, 2.24) is 15.1 Å². The first-order valence-electron chi connectivity index (χ1n) is 7.81. The third-order valence-corrected chi connectivity index (χ3v) is 5.07. The number of carbonyl (C=O) groups is 1. The molecule has 1 amide bonds. The Morgan fingerprint density at radius 3 is 2.71 bits per heavy atom. The van der Waals surface area contributed by atoms with Gasteiger partial charge in [-0.1, -0.05) is 18.2 Å². The van der Waals surface area contributed by atoms with E-state index in [0.29, 0.717) is 4.88 Å². The lowest BCUT2D eigenvalue weighted by molar-refractivity contribution is 0.0873. The zero-order valence-corrected chi connectivity index (χ0v) is 15.1. The minimum atomic E-state index is -0.648. The number of carbonyl (C=O) groups excluding carboxylic acids is 1. The molecule has 2 N–H and O–H groups in total. The first-order valence-corrected chi connectivity index (χ1v) is 8.62. The van der Waals surface area contributed by atoms with E-state index in [2.05, 4.69) is 10.4 Å². The first-order chi connectivity index (χ1) is 11.3. The van der Waals surface area contributed by atoms with Crippen molar-refractivity contribution in [3.8, 4) is 5.69 Å². The molecule has 5 nitrogen and oxygen atoms in total. The fourth-order valence-electron chi connectivity index (χ4n) is 2.53. The molecule has 24 heavy (non-hydrogen) atoms. The average Bonchev–Trinajstić information content (AvgIpc) is 3.09. The van der Waals surface area contributed by atoms with Gasteiger partial charge in [-0.2, -0.15) is 5.10 Å². The lowest BCUT2D eigenvalue weighted by Gasteiger charge is -2.22. The molecule has 1 aromatic carbocycles. The van der Waals surface area contributed by atoms with E-state index in [-0.39, 0.29) is 12.5 Å². The van der Waals surface area contributed by atoms with Crippen LogP contribution in [0.5, 0.6) is 0 Å². The molecule has 0 atom stereocenters. The number of thiophene rings is 1. The Morgan fingerprint density at radius 1 is 1.33 bits per heavy atom. The summed E-state index contributed by atoms with van der Waals surface area (Å²) < 4.78 is 1.90. The van der Waals surface area contributed by atoms with Gasteiger partial charge < -0.3 is 10.4 Å². The number of hydrogen-bond acceptors (Lipinski definition) is 4. The minimum Gasteiger partial charge on any atom is -0.394 e. The lowest BCUT2D eigenvalue weighted by atomic mass is 10.1. The number of hydrogen-bond donors (Lipinski definition) is 2. The molecule has 126 valence electrons. The molecule has 3 aromatic rings. The molecule has 6 heteroatoms. The van der Waals surface area contributed by atoms with Crippen LogP contribution in [0.2, 0.25) is 0 Å². The van der Waals surface area contributed by atoms with Crippen LogP contribution in [-0.4, -0.2) is 32.9 Å². The summed E-state index contributed by atoms with van der Waals surface area (Å²) in [5.74, 6) is -0.175. The highest BCUT2D eigenvalue weighted by Crippen LogP contribution is 2.31. The van der Waals surface area contributed by atoms with Gasteiger partial charge >= 0.3 is 0 Å². The van der Waals surface area contributed by atoms with Crippen molar-refractivity contribution in [2.45, 2.75) is 33.2 Å². The normalized spacial score (nSPS) is 11.9. The minimum absolute atomic E-state index is 0.111. The van der Waals surface area contributed by atoms with E-state index < -0.39 is 5.54 Å². The van der Waals surface area contributed by atoms with Gasteiger partial charge in [-0.15, -0.1) is 11.3 Å². The second-order valence-electron chi connectivity index (χ2n) is 6.61. The fourth-order valence-corrected chi connectivity index (χ4v) is 3.60. The van der Waals surface area contributed by atoms with E-state index in [1.165, 1.54) is 11.3 Å². The standard InChI is InChI=1S/C18H21N3O2S/c1-11-7-5-6-8-14(11)21-17-13(12(2)20-21)9-15(24-17)16(23)19-18(3,4)10-22/h5-9,22H,10H2,1-4H3,(H,19,23). The Labute approximate surface area is 144 Å². The molecule has 0 radical (unpaired) electrons. The van der Waals surface area contributed by atoms with Gasteiger partial charge in [0.2, 0.25) is 0 Å². The van der Waals surface area contributed by atoms with Gasteiger partial charge in [0.15, 0.2) is 0 Å². The average molecular weight is 343 g/mol. The van der Waals surface area contributed by atoms with Crippen LogP contribution in [0.4, 0.5) is 0 Å². The van der Waals surface area contributed by atoms with E-state index >= 15 is 0 Å². The summed E-state index contributed by atoms with van der Waals surface area (Å²) >= 11 is 1.41. The summed E-state index contributed by atoms with van der Waals surface area (Å²) in [6.45, 7) is 7.46. The second-order valence-corrected chi connectivity index (χ2v) is 7.64. The summed E-state index contributed by atoms with van der Waals surface area (Å²) in [5.41, 5.74) is 2.39. The fraction of sp³-hybridized carbons (Fsp3) is 0.333. The SMILES string of the molecule is Cc1ccccc1-n1nc(C)c2cc(C(=O)NC(C)(C)CO)sc21. The highest BCUT2D eigenvalue weighted by Gasteiger charge is 2.23. The molecular weight excluding hydrogens is 322 g/mol. The molecule has 0 saturated heterocycles. The molecule has 2 aromatic heterocycles. The third kappa shape index (κ3) is 2.95. The number of aliphatic hydroxyl groups excluding tert-OH is 1. The van der Waals surface area contributed by atoms with Crippen LogP contribution in [-0.2, 0) is 0 Å². The molecule has 0 aliphatic rings. The Hall–Kier alpha value is -2.18. The molecular formula is C18H21N3O2S. The van der Waals surface area contributed by atoms with Crippen LogP contribution in [0, 0.1) is 13.8 Å². The maximum atomic E-state index is 12.5. The maximum absolute atomic E-state index is 12.5. The van der Waals surface area contributed by atoms with Crippen LogP contribution < -0.4 is 5.32 Å². The summed E-state index contributed by atoms with van der Waals surface area (Å²) in [6, 6.07) is 9.92. The number of para-hydroxylation sites is 1. The molecule has 0 bridgehead atoms. The van der Waals surface area contributed by atoms with Crippen molar-refractivity contribution in [2.24, 2.45) is 0 Å². The highest BCUT2D eigenvalue weighted by molar-refractivity contribution is 7.20. The number of aliphatic hydroxyl groups is 1. The maximum Gasteiger partial charge on any atom is 0.261 e. The molecule has 0 aliphatic heterocycles. The first kappa shape index (κ1) is 16.7. The number of fused-ring (bicyclic) bond motifs is 1. The number of aromatic nitrogens is 2. The molecule has 0 spiro atoms. The summed E-state index contributed by atoms with van der Waals surface area (Å²) in [6.07, 6.45) is 0. The zero-order valence-electron chi connectivity index (χ0n) is 14.3. The topological polar surface area (TPSA) is 67.2 Å². The molecule has 3 rings (SSSR count). The zero-order chi connectivity index (χ0) is 17.5. The number of rotatable bonds is 4. The molecule has 0 fully saturated rings. The summed E-state index contributed by atoms with van der Waals surface area (Å²) in [5, 5.41) is 17.8. The van der Waals surface area contributed by atoms with Gasteiger partial charge in [0.1, 0.15) is 4.83 Å². The Morgan fingerprint density at radius 2 is 2.04 bits per heavy atom. The van der Waals surface area contributed by atoms with Crippen LogP contribution in [0.3, 0.4) is 0 Å². The number of amides is 1. The lowest BCUT2D eigenvalue weighted by Crippen LogP contribution is -2.46. The van der Waals surface area contributed by atoms with Crippen LogP contribution in [0.1, 0.15) is 34.8 Å². The van der Waals surface area contributed by atoms with Gasteiger partial charge in [-0.25, -0.2) is 4.68 Å². The third-order valence-electron chi connectivity index (χ3n) is 3.96. The van der Waals surface area contributed by atoms with Crippen molar-refractivity contribution in [3.63, 3.8) is 0 Å². The summed E-state index contributed by atoms with van der Waals surface area (Å²) in [7, 11) is 0. The van der Waals surface area contributed by atoms with Crippen LogP contribution in [0.15, 0.2) is 30.3 Å². The smallest absolute Gasteiger partial charge is 0.261 e. The van der Waals surface area contributed by atoms with Gasteiger partial charge in [-0.05, 0) is 45.4 Å². The highest BCUT2D eigenvalue weighted by atomic mass is 32.1.